The van der Waals surface area contributed by atoms with E-state index in [9.17, 15) is 4.79 Å². The van der Waals surface area contributed by atoms with E-state index in [2.05, 4.69) is 33.7 Å². The van der Waals surface area contributed by atoms with Gasteiger partial charge in [0.2, 0.25) is 0 Å². The lowest BCUT2D eigenvalue weighted by Gasteiger charge is -2.35. The molecule has 4 aromatic rings. The molecule has 1 unspecified atom stereocenters. The van der Waals surface area contributed by atoms with E-state index in [0.717, 1.165) is 79.7 Å². The SMILES string of the molecule is O=C(C1CCCO1)N1CCN(CCn2c3ccccc3c3nc4ccccc4nc32)CC1. The molecule has 0 N–H and O–H groups in total. The molecule has 6 rings (SSSR count). The molecule has 1 atom stereocenters. The Kier molecular flexibility index (Phi) is 5.00. The van der Waals surface area contributed by atoms with Gasteiger partial charge in [0.05, 0.1) is 16.6 Å². The molecule has 1 amide bonds. The van der Waals surface area contributed by atoms with Gasteiger partial charge in [0.15, 0.2) is 5.65 Å². The molecule has 2 aromatic heterocycles. The number of aromatic nitrogens is 3. The van der Waals surface area contributed by atoms with Gasteiger partial charge >= 0.3 is 0 Å². The van der Waals surface area contributed by atoms with E-state index in [4.69, 9.17) is 14.7 Å². The fourth-order valence-electron chi connectivity index (χ4n) is 5.02. The number of piperazine rings is 1. The Bertz CT molecular complexity index is 1290. The summed E-state index contributed by atoms with van der Waals surface area (Å²) in [6, 6.07) is 16.5. The first-order valence-electron chi connectivity index (χ1n) is 11.5. The lowest BCUT2D eigenvalue weighted by molar-refractivity contribution is -0.142. The summed E-state index contributed by atoms with van der Waals surface area (Å²) in [4.78, 5) is 26.9. The maximum atomic E-state index is 12.6. The summed E-state index contributed by atoms with van der Waals surface area (Å²) in [7, 11) is 0. The minimum Gasteiger partial charge on any atom is -0.368 e. The number of nitrogens with zero attached hydrogens (tertiary/aromatic N) is 5. The van der Waals surface area contributed by atoms with Crippen molar-refractivity contribution >= 4 is 39.0 Å². The third kappa shape index (κ3) is 3.42. The number of benzene rings is 2. The first-order chi connectivity index (χ1) is 15.8. The van der Waals surface area contributed by atoms with Gasteiger partial charge < -0.3 is 14.2 Å². The topological polar surface area (TPSA) is 63.5 Å². The quantitative estimate of drug-likeness (QED) is 0.499. The number of ether oxygens (including phenoxy) is 1. The Balaban J connectivity index is 1.22. The minimum absolute atomic E-state index is 0.173. The van der Waals surface area contributed by atoms with E-state index >= 15 is 0 Å². The van der Waals surface area contributed by atoms with Crippen molar-refractivity contribution in [2.45, 2.75) is 25.5 Å². The fraction of sp³-hybridized carbons (Fsp3) is 0.400. The predicted octanol–water partition coefficient (Wildman–Crippen LogP) is 3.06. The van der Waals surface area contributed by atoms with Gasteiger partial charge in [-0.15, -0.1) is 0 Å². The summed E-state index contributed by atoms with van der Waals surface area (Å²) in [5, 5.41) is 1.15. The van der Waals surface area contributed by atoms with Crippen molar-refractivity contribution in [3.63, 3.8) is 0 Å². The number of para-hydroxylation sites is 3. The molecule has 2 aromatic carbocycles. The van der Waals surface area contributed by atoms with Crippen LogP contribution in [0.15, 0.2) is 48.5 Å². The van der Waals surface area contributed by atoms with Gasteiger partial charge in [-0.25, -0.2) is 9.97 Å². The number of fused-ring (bicyclic) bond motifs is 4. The summed E-state index contributed by atoms with van der Waals surface area (Å²) in [6.07, 6.45) is 1.64. The molecule has 0 radical (unpaired) electrons. The standard InChI is InChI=1S/C25H27N5O2/c31-25(22-10-5-17-32-22)29-14-11-28(12-15-29)13-16-30-21-9-4-1-6-18(21)23-24(30)27-20-8-3-2-7-19(20)26-23/h1-4,6-9,22H,5,10-17H2. The number of rotatable bonds is 4. The zero-order chi connectivity index (χ0) is 21.5. The van der Waals surface area contributed by atoms with Crippen LogP contribution in [0.4, 0.5) is 0 Å². The summed E-state index contributed by atoms with van der Waals surface area (Å²) in [5.41, 5.74) is 4.92. The highest BCUT2D eigenvalue weighted by Gasteiger charge is 2.30. The predicted molar refractivity (Wildman–Crippen MR) is 125 cm³/mol. The third-order valence-corrected chi connectivity index (χ3v) is 6.79. The van der Waals surface area contributed by atoms with E-state index < -0.39 is 0 Å². The lowest BCUT2D eigenvalue weighted by Crippen LogP contribution is -2.51. The van der Waals surface area contributed by atoms with Crippen LogP contribution in [0.3, 0.4) is 0 Å². The monoisotopic (exact) mass is 429 g/mol. The molecule has 0 saturated carbocycles. The maximum Gasteiger partial charge on any atom is 0.251 e. The third-order valence-electron chi connectivity index (χ3n) is 6.79. The number of amides is 1. The molecule has 0 spiro atoms. The van der Waals surface area contributed by atoms with Gasteiger partial charge in [0.1, 0.15) is 11.6 Å². The van der Waals surface area contributed by atoms with Crippen molar-refractivity contribution < 1.29 is 9.53 Å². The van der Waals surface area contributed by atoms with Crippen molar-refractivity contribution in [1.82, 2.24) is 24.3 Å². The molecular weight excluding hydrogens is 402 g/mol. The minimum atomic E-state index is -0.215. The van der Waals surface area contributed by atoms with Gasteiger partial charge in [0.25, 0.3) is 5.91 Å². The smallest absolute Gasteiger partial charge is 0.251 e. The molecule has 2 saturated heterocycles. The summed E-state index contributed by atoms with van der Waals surface area (Å²) in [5.74, 6) is 0.173. The van der Waals surface area contributed by atoms with Crippen molar-refractivity contribution in [3.8, 4) is 0 Å². The van der Waals surface area contributed by atoms with Gasteiger partial charge in [-0.1, -0.05) is 30.3 Å². The Labute approximate surface area is 186 Å². The summed E-state index contributed by atoms with van der Waals surface area (Å²) < 4.78 is 7.88. The van der Waals surface area contributed by atoms with E-state index in [-0.39, 0.29) is 12.0 Å². The molecule has 7 nitrogen and oxygen atoms in total. The van der Waals surface area contributed by atoms with Crippen LogP contribution >= 0.6 is 0 Å². The average molecular weight is 430 g/mol. The average Bonchev–Trinajstić information content (AvgIpc) is 3.48. The molecule has 0 bridgehead atoms. The van der Waals surface area contributed by atoms with Crippen LogP contribution in [0.25, 0.3) is 33.1 Å². The second-order valence-electron chi connectivity index (χ2n) is 8.72. The number of hydrogen-bond donors (Lipinski definition) is 0. The molecule has 164 valence electrons. The second-order valence-corrected chi connectivity index (χ2v) is 8.72. The molecule has 32 heavy (non-hydrogen) atoms. The van der Waals surface area contributed by atoms with E-state index in [1.165, 1.54) is 5.52 Å². The van der Waals surface area contributed by atoms with E-state index in [0.29, 0.717) is 6.61 Å². The van der Waals surface area contributed by atoms with Crippen LogP contribution in [0, 0.1) is 0 Å². The highest BCUT2D eigenvalue weighted by molar-refractivity contribution is 6.06. The molecule has 2 aliphatic rings. The van der Waals surface area contributed by atoms with Gasteiger partial charge in [-0.05, 0) is 31.0 Å². The Hall–Kier alpha value is -3.03. The molecular formula is C25H27N5O2. The van der Waals surface area contributed by atoms with E-state index in [1.54, 1.807) is 0 Å². The maximum absolute atomic E-state index is 12.6. The number of hydrogen-bond acceptors (Lipinski definition) is 5. The van der Waals surface area contributed by atoms with Gasteiger partial charge in [-0.3, -0.25) is 9.69 Å². The van der Waals surface area contributed by atoms with Crippen molar-refractivity contribution in [1.29, 1.82) is 0 Å². The molecule has 7 heteroatoms. The van der Waals surface area contributed by atoms with Crippen molar-refractivity contribution in [2.24, 2.45) is 0 Å². The zero-order valence-corrected chi connectivity index (χ0v) is 18.1. The molecule has 0 aliphatic carbocycles. The highest BCUT2D eigenvalue weighted by Crippen LogP contribution is 2.28. The first-order valence-corrected chi connectivity index (χ1v) is 11.5. The molecule has 2 fully saturated rings. The zero-order valence-electron chi connectivity index (χ0n) is 18.1. The summed E-state index contributed by atoms with van der Waals surface area (Å²) >= 11 is 0. The Morgan fingerprint density at radius 2 is 1.69 bits per heavy atom. The van der Waals surface area contributed by atoms with Gasteiger partial charge in [0, 0.05) is 51.3 Å². The van der Waals surface area contributed by atoms with Crippen molar-refractivity contribution in [3.05, 3.63) is 48.5 Å². The normalized spacial score (nSPS) is 20.0. The van der Waals surface area contributed by atoms with Crippen LogP contribution in [0.1, 0.15) is 12.8 Å². The molecule has 4 heterocycles. The Morgan fingerprint density at radius 3 is 2.47 bits per heavy atom. The first kappa shape index (κ1) is 19.6. The fourth-order valence-corrected chi connectivity index (χ4v) is 5.02. The van der Waals surface area contributed by atoms with Crippen molar-refractivity contribution in [2.75, 3.05) is 39.3 Å². The van der Waals surface area contributed by atoms with Crippen LogP contribution in [0.5, 0.6) is 0 Å². The van der Waals surface area contributed by atoms with Crippen LogP contribution < -0.4 is 0 Å². The number of carbonyl (C=O) groups excluding carboxylic acids is 1. The molecule has 2 aliphatic heterocycles. The highest BCUT2D eigenvalue weighted by atomic mass is 16.5. The van der Waals surface area contributed by atoms with Gasteiger partial charge in [-0.2, -0.15) is 0 Å². The summed E-state index contributed by atoms with van der Waals surface area (Å²) in [6.45, 7) is 5.81. The second kappa shape index (κ2) is 8.15. The largest absolute Gasteiger partial charge is 0.368 e. The number of carbonyl (C=O) groups is 1. The van der Waals surface area contributed by atoms with Crippen LogP contribution in [0.2, 0.25) is 0 Å². The van der Waals surface area contributed by atoms with E-state index in [1.807, 2.05) is 29.2 Å². The van der Waals surface area contributed by atoms with Crippen LogP contribution in [-0.2, 0) is 16.1 Å². The lowest BCUT2D eigenvalue weighted by atomic mass is 10.2. The van der Waals surface area contributed by atoms with Crippen LogP contribution in [-0.4, -0.2) is 75.7 Å². The Morgan fingerprint density at radius 1 is 0.938 bits per heavy atom.